The van der Waals surface area contributed by atoms with Gasteiger partial charge in [0, 0.05) is 12.4 Å². The third-order valence-corrected chi connectivity index (χ3v) is 6.51. The summed E-state index contributed by atoms with van der Waals surface area (Å²) in [5, 5.41) is 0. The molecule has 2 aromatic carbocycles. The zero-order chi connectivity index (χ0) is 26.1. The molecule has 5 heteroatoms. The fraction of sp³-hybridized carbons (Fsp3) is 0.469. The minimum atomic E-state index is -0.460. The van der Waals surface area contributed by atoms with Crippen LogP contribution in [0.1, 0.15) is 100 Å². The number of carbonyl (C=O) groups is 1. The zero-order valence-corrected chi connectivity index (χ0v) is 22.6. The van der Waals surface area contributed by atoms with Gasteiger partial charge in [-0.1, -0.05) is 95.9 Å². The topological polar surface area (TPSA) is 61.3 Å². The van der Waals surface area contributed by atoms with Gasteiger partial charge in [-0.15, -0.1) is 0 Å². The molecule has 198 valence electrons. The Morgan fingerprint density at radius 3 is 1.84 bits per heavy atom. The Kier molecular flexibility index (Phi) is 12.7. The summed E-state index contributed by atoms with van der Waals surface area (Å²) in [6.45, 7) is 5.21. The second-order valence-electron chi connectivity index (χ2n) is 9.65. The highest BCUT2D eigenvalue weighted by molar-refractivity contribution is 5.91. The summed E-state index contributed by atoms with van der Waals surface area (Å²) in [5.41, 5.74) is 3.63. The number of rotatable bonds is 17. The fourth-order valence-electron chi connectivity index (χ4n) is 4.21. The monoisotopic (exact) mass is 502 g/mol. The first-order valence-corrected chi connectivity index (χ1v) is 14.1. The van der Waals surface area contributed by atoms with E-state index in [1.165, 1.54) is 57.8 Å². The minimum Gasteiger partial charge on any atom is -0.494 e. The molecule has 0 aliphatic heterocycles. The summed E-state index contributed by atoms with van der Waals surface area (Å²) >= 11 is 0. The number of aryl methyl sites for hydroxylation is 1. The van der Waals surface area contributed by atoms with E-state index in [-0.39, 0.29) is 6.01 Å². The van der Waals surface area contributed by atoms with Gasteiger partial charge < -0.3 is 9.47 Å². The average Bonchev–Trinajstić information content (AvgIpc) is 2.94. The lowest BCUT2D eigenvalue weighted by Gasteiger charge is -2.08. The van der Waals surface area contributed by atoms with E-state index in [9.17, 15) is 4.79 Å². The molecule has 0 bridgehead atoms. The summed E-state index contributed by atoms with van der Waals surface area (Å²) in [4.78, 5) is 21.0. The van der Waals surface area contributed by atoms with Gasteiger partial charge in [-0.05, 0) is 60.2 Å². The lowest BCUT2D eigenvalue weighted by atomic mass is 10.0. The van der Waals surface area contributed by atoms with Gasteiger partial charge in [0.25, 0.3) is 0 Å². The molecule has 0 aliphatic carbocycles. The second kappa shape index (κ2) is 16.5. The second-order valence-corrected chi connectivity index (χ2v) is 9.65. The van der Waals surface area contributed by atoms with Crippen molar-refractivity contribution in [2.24, 2.45) is 0 Å². The molecule has 5 nitrogen and oxygen atoms in total. The fourth-order valence-corrected chi connectivity index (χ4v) is 4.21. The highest BCUT2D eigenvalue weighted by Crippen LogP contribution is 2.23. The number of ether oxygens (including phenoxy) is 2. The summed E-state index contributed by atoms with van der Waals surface area (Å²) in [5.74, 6) is 0.426. The van der Waals surface area contributed by atoms with Crippen molar-refractivity contribution in [1.82, 2.24) is 9.97 Å². The smallest absolute Gasteiger partial charge is 0.345 e. The largest absolute Gasteiger partial charge is 0.494 e. The van der Waals surface area contributed by atoms with Crippen molar-refractivity contribution in [1.29, 1.82) is 0 Å². The molecular formula is C32H42N2O3. The Hall–Kier alpha value is -3.21. The van der Waals surface area contributed by atoms with E-state index < -0.39 is 5.97 Å². The van der Waals surface area contributed by atoms with Gasteiger partial charge in [-0.25, -0.2) is 14.8 Å². The first-order valence-electron chi connectivity index (χ1n) is 14.1. The number of benzene rings is 2. The van der Waals surface area contributed by atoms with Gasteiger partial charge in [-0.2, -0.15) is 0 Å². The molecule has 0 amide bonds. The van der Waals surface area contributed by atoms with Crippen molar-refractivity contribution < 1.29 is 14.3 Å². The van der Waals surface area contributed by atoms with Crippen molar-refractivity contribution in [2.45, 2.75) is 90.9 Å². The van der Waals surface area contributed by atoms with E-state index in [2.05, 4.69) is 23.8 Å². The Balaban J connectivity index is 1.43. The Bertz CT molecular complexity index is 1030. The van der Waals surface area contributed by atoms with Crippen LogP contribution in [0.5, 0.6) is 11.8 Å². The normalized spacial score (nSPS) is 10.9. The van der Waals surface area contributed by atoms with Crippen molar-refractivity contribution in [3.8, 4) is 22.9 Å². The molecule has 0 fully saturated rings. The third kappa shape index (κ3) is 10.4. The number of hydrogen-bond donors (Lipinski definition) is 0. The number of aromatic nitrogens is 2. The van der Waals surface area contributed by atoms with E-state index in [4.69, 9.17) is 9.47 Å². The highest BCUT2D eigenvalue weighted by Gasteiger charge is 2.11. The lowest BCUT2D eigenvalue weighted by molar-refractivity contribution is 0.0719. The maximum Gasteiger partial charge on any atom is 0.345 e. The maximum absolute atomic E-state index is 12.6. The number of unbranched alkanes of at least 4 members (excludes halogenated alkanes) is 9. The van der Waals surface area contributed by atoms with Crippen LogP contribution in [-0.4, -0.2) is 22.5 Å². The van der Waals surface area contributed by atoms with E-state index >= 15 is 0 Å². The molecule has 37 heavy (non-hydrogen) atoms. The first kappa shape index (κ1) is 28.4. The molecule has 3 aromatic rings. The van der Waals surface area contributed by atoms with E-state index in [0.29, 0.717) is 5.56 Å². The molecular weight excluding hydrogens is 460 g/mol. The zero-order valence-electron chi connectivity index (χ0n) is 22.6. The molecule has 1 heterocycles. The standard InChI is InChI=1S/C32H42N2O3/c1-3-5-7-9-10-12-14-26-24-33-32(34-25-26)37-31(35)29-17-15-27(16-18-29)28-19-21-30(22-20-28)36-23-13-11-8-6-4-2/h15-22,24-25H,3-14,23H2,1-2H3. The Labute approximate surface area is 222 Å². The third-order valence-electron chi connectivity index (χ3n) is 6.51. The molecule has 0 unspecified atom stereocenters. The summed E-state index contributed by atoms with van der Waals surface area (Å²) < 4.78 is 11.2. The van der Waals surface area contributed by atoms with Crippen LogP contribution in [0.3, 0.4) is 0 Å². The molecule has 0 saturated heterocycles. The SMILES string of the molecule is CCCCCCCCc1cnc(OC(=O)c2ccc(-c3ccc(OCCCCCCC)cc3)cc2)nc1. The maximum atomic E-state index is 12.6. The van der Waals surface area contributed by atoms with E-state index in [1.807, 2.05) is 36.4 Å². The van der Waals surface area contributed by atoms with Crippen LogP contribution in [0.25, 0.3) is 11.1 Å². The molecule has 3 rings (SSSR count). The van der Waals surface area contributed by atoms with Gasteiger partial charge in [0.2, 0.25) is 0 Å². The first-order chi connectivity index (χ1) is 18.2. The molecule has 0 spiro atoms. The van der Waals surface area contributed by atoms with Crippen molar-refractivity contribution in [2.75, 3.05) is 6.61 Å². The molecule has 0 aliphatic rings. The minimum absolute atomic E-state index is 0.0849. The van der Waals surface area contributed by atoms with Crippen LogP contribution in [0.4, 0.5) is 0 Å². The van der Waals surface area contributed by atoms with Gasteiger partial charge in [0.15, 0.2) is 0 Å². The van der Waals surface area contributed by atoms with Gasteiger partial charge in [0.1, 0.15) is 5.75 Å². The molecule has 0 atom stereocenters. The number of esters is 1. The Morgan fingerprint density at radius 1 is 0.676 bits per heavy atom. The number of carbonyl (C=O) groups excluding carboxylic acids is 1. The van der Waals surface area contributed by atoms with Crippen LogP contribution in [-0.2, 0) is 6.42 Å². The molecule has 0 N–H and O–H groups in total. The van der Waals surface area contributed by atoms with Crippen LogP contribution in [0, 0.1) is 0 Å². The number of nitrogens with zero attached hydrogens (tertiary/aromatic N) is 2. The molecule has 1 aromatic heterocycles. The van der Waals surface area contributed by atoms with Crippen molar-refractivity contribution in [3.05, 3.63) is 72.1 Å². The quantitative estimate of drug-likeness (QED) is 0.137. The summed E-state index contributed by atoms with van der Waals surface area (Å²) in [7, 11) is 0. The molecule has 0 saturated carbocycles. The number of hydrogen-bond acceptors (Lipinski definition) is 5. The van der Waals surface area contributed by atoms with E-state index in [0.717, 1.165) is 48.3 Å². The summed E-state index contributed by atoms with van der Waals surface area (Å²) in [6.07, 6.45) is 18.1. The van der Waals surface area contributed by atoms with Gasteiger partial charge in [-0.3, -0.25) is 0 Å². The lowest BCUT2D eigenvalue weighted by Crippen LogP contribution is -2.10. The van der Waals surface area contributed by atoms with Gasteiger partial charge >= 0.3 is 12.0 Å². The van der Waals surface area contributed by atoms with E-state index in [1.54, 1.807) is 24.5 Å². The van der Waals surface area contributed by atoms with Crippen molar-refractivity contribution in [3.63, 3.8) is 0 Å². The van der Waals surface area contributed by atoms with Crippen LogP contribution in [0.2, 0.25) is 0 Å². The predicted molar refractivity (Wildman–Crippen MR) is 150 cm³/mol. The summed E-state index contributed by atoms with van der Waals surface area (Å²) in [6, 6.07) is 15.5. The Morgan fingerprint density at radius 2 is 1.22 bits per heavy atom. The molecule has 0 radical (unpaired) electrons. The van der Waals surface area contributed by atoms with Gasteiger partial charge in [0.05, 0.1) is 12.2 Å². The van der Waals surface area contributed by atoms with Crippen LogP contribution < -0.4 is 9.47 Å². The average molecular weight is 503 g/mol. The van der Waals surface area contributed by atoms with Crippen LogP contribution in [0.15, 0.2) is 60.9 Å². The van der Waals surface area contributed by atoms with Crippen LogP contribution >= 0.6 is 0 Å². The highest BCUT2D eigenvalue weighted by atomic mass is 16.5. The predicted octanol–water partition coefficient (Wildman–Crippen LogP) is 8.62. The van der Waals surface area contributed by atoms with Crippen molar-refractivity contribution >= 4 is 5.97 Å².